The van der Waals surface area contributed by atoms with E-state index in [1.54, 1.807) is 25.5 Å². The third-order valence-electron chi connectivity index (χ3n) is 1.87. The Morgan fingerprint density at radius 1 is 1.69 bits per heavy atom. The Balaban J connectivity index is 2.34. The fourth-order valence-electron chi connectivity index (χ4n) is 1.08. The van der Waals surface area contributed by atoms with Gasteiger partial charge in [0.1, 0.15) is 11.5 Å². The summed E-state index contributed by atoms with van der Waals surface area (Å²) < 4.78 is 10.0. The molecule has 0 aliphatic carbocycles. The maximum atomic E-state index is 11.3. The Morgan fingerprint density at radius 2 is 2.46 bits per heavy atom. The van der Waals surface area contributed by atoms with Crippen LogP contribution in [0.25, 0.3) is 0 Å². The number of carbonyl (C=O) groups excluding carboxylic acids is 1. The van der Waals surface area contributed by atoms with Crippen molar-refractivity contribution in [2.75, 3.05) is 7.11 Å². The summed E-state index contributed by atoms with van der Waals surface area (Å²) >= 11 is 0. The molecule has 1 aromatic heterocycles. The monoisotopic (exact) mass is 182 g/mol. The quantitative estimate of drug-likeness (QED) is 0.697. The van der Waals surface area contributed by atoms with Crippen LogP contribution in [0.1, 0.15) is 19.1 Å². The number of hydrogen-bond acceptors (Lipinski definition) is 3. The topological polar surface area (TPSA) is 39.4 Å². The SMILES string of the molecule is COC(C)CC(=O)Cc1ccco1. The van der Waals surface area contributed by atoms with Gasteiger partial charge in [0, 0.05) is 13.5 Å². The lowest BCUT2D eigenvalue weighted by molar-refractivity contribution is -0.120. The molecule has 0 spiro atoms. The van der Waals surface area contributed by atoms with E-state index in [0.29, 0.717) is 18.6 Å². The van der Waals surface area contributed by atoms with Gasteiger partial charge in [0.15, 0.2) is 0 Å². The van der Waals surface area contributed by atoms with Crippen LogP contribution in [0, 0.1) is 0 Å². The molecular formula is C10H14O3. The van der Waals surface area contributed by atoms with Crippen LogP contribution in [-0.2, 0) is 16.0 Å². The second kappa shape index (κ2) is 4.82. The first-order valence-corrected chi connectivity index (χ1v) is 4.29. The highest BCUT2D eigenvalue weighted by Crippen LogP contribution is 2.05. The number of Topliss-reactive ketones (excluding diaryl/α,β-unsaturated/α-hetero) is 1. The van der Waals surface area contributed by atoms with E-state index in [0.717, 1.165) is 0 Å². The van der Waals surface area contributed by atoms with E-state index in [9.17, 15) is 4.79 Å². The molecule has 0 saturated heterocycles. The molecule has 13 heavy (non-hydrogen) atoms. The fourth-order valence-corrected chi connectivity index (χ4v) is 1.08. The molecule has 1 atom stereocenters. The average Bonchev–Trinajstić information content (AvgIpc) is 2.56. The predicted molar refractivity (Wildman–Crippen MR) is 48.5 cm³/mol. The number of methoxy groups -OCH3 is 1. The summed E-state index contributed by atoms with van der Waals surface area (Å²) in [6.07, 6.45) is 2.36. The van der Waals surface area contributed by atoms with Gasteiger partial charge in [-0.15, -0.1) is 0 Å². The Morgan fingerprint density at radius 3 is 3.00 bits per heavy atom. The van der Waals surface area contributed by atoms with Crippen LogP contribution in [0.4, 0.5) is 0 Å². The fraction of sp³-hybridized carbons (Fsp3) is 0.500. The summed E-state index contributed by atoms with van der Waals surface area (Å²) in [6.45, 7) is 1.88. The summed E-state index contributed by atoms with van der Waals surface area (Å²) in [5, 5.41) is 0. The number of rotatable bonds is 5. The van der Waals surface area contributed by atoms with Crippen molar-refractivity contribution < 1.29 is 13.9 Å². The number of ketones is 1. The van der Waals surface area contributed by atoms with Crippen LogP contribution < -0.4 is 0 Å². The lowest BCUT2D eigenvalue weighted by Gasteiger charge is -2.06. The lowest BCUT2D eigenvalue weighted by atomic mass is 10.1. The average molecular weight is 182 g/mol. The van der Waals surface area contributed by atoms with E-state index in [1.165, 1.54) is 0 Å². The highest BCUT2D eigenvalue weighted by Gasteiger charge is 2.09. The minimum Gasteiger partial charge on any atom is -0.469 e. The highest BCUT2D eigenvalue weighted by atomic mass is 16.5. The highest BCUT2D eigenvalue weighted by molar-refractivity contribution is 5.80. The van der Waals surface area contributed by atoms with Gasteiger partial charge in [-0.05, 0) is 19.1 Å². The van der Waals surface area contributed by atoms with Crippen LogP contribution in [0.3, 0.4) is 0 Å². The van der Waals surface area contributed by atoms with Gasteiger partial charge in [-0.25, -0.2) is 0 Å². The van der Waals surface area contributed by atoms with Gasteiger partial charge in [0.05, 0.1) is 18.8 Å². The van der Waals surface area contributed by atoms with E-state index < -0.39 is 0 Å². The van der Waals surface area contributed by atoms with E-state index in [2.05, 4.69) is 0 Å². The van der Waals surface area contributed by atoms with Crippen LogP contribution in [-0.4, -0.2) is 19.0 Å². The molecule has 0 aliphatic rings. The first kappa shape index (κ1) is 9.99. The van der Waals surface area contributed by atoms with E-state index >= 15 is 0 Å². The molecule has 0 saturated carbocycles. The third-order valence-corrected chi connectivity index (χ3v) is 1.87. The van der Waals surface area contributed by atoms with Crippen molar-refractivity contribution in [3.8, 4) is 0 Å². The van der Waals surface area contributed by atoms with Gasteiger partial charge in [-0.1, -0.05) is 0 Å². The van der Waals surface area contributed by atoms with Crippen molar-refractivity contribution in [2.45, 2.75) is 25.9 Å². The second-order valence-corrected chi connectivity index (χ2v) is 3.05. The maximum Gasteiger partial charge on any atom is 0.142 e. The van der Waals surface area contributed by atoms with Crippen molar-refractivity contribution in [1.82, 2.24) is 0 Å². The summed E-state index contributed by atoms with van der Waals surface area (Å²) in [5.41, 5.74) is 0. The van der Waals surface area contributed by atoms with Crippen LogP contribution in [0.15, 0.2) is 22.8 Å². The smallest absolute Gasteiger partial charge is 0.142 e. The molecule has 72 valence electrons. The first-order chi connectivity index (χ1) is 6.22. The standard InChI is InChI=1S/C10H14O3/c1-8(12-2)6-9(11)7-10-4-3-5-13-10/h3-5,8H,6-7H2,1-2H3. The molecule has 0 radical (unpaired) electrons. The zero-order valence-corrected chi connectivity index (χ0v) is 7.95. The molecular weight excluding hydrogens is 168 g/mol. The van der Waals surface area contributed by atoms with Gasteiger partial charge < -0.3 is 9.15 Å². The largest absolute Gasteiger partial charge is 0.469 e. The van der Waals surface area contributed by atoms with E-state index in [1.807, 2.05) is 6.92 Å². The van der Waals surface area contributed by atoms with Crippen molar-refractivity contribution in [1.29, 1.82) is 0 Å². The van der Waals surface area contributed by atoms with Gasteiger partial charge in [0.25, 0.3) is 0 Å². The number of furan rings is 1. The Bertz CT molecular complexity index is 251. The van der Waals surface area contributed by atoms with Crippen LogP contribution >= 0.6 is 0 Å². The maximum absolute atomic E-state index is 11.3. The van der Waals surface area contributed by atoms with Gasteiger partial charge in [0.2, 0.25) is 0 Å². The minimum absolute atomic E-state index is 0.0116. The van der Waals surface area contributed by atoms with E-state index in [-0.39, 0.29) is 11.9 Å². The zero-order chi connectivity index (χ0) is 9.68. The molecule has 0 bridgehead atoms. The van der Waals surface area contributed by atoms with Gasteiger partial charge >= 0.3 is 0 Å². The molecule has 1 heterocycles. The molecule has 0 aliphatic heterocycles. The number of ether oxygens (including phenoxy) is 1. The minimum atomic E-state index is -0.0116. The van der Waals surface area contributed by atoms with Crippen LogP contribution in [0.5, 0.6) is 0 Å². The molecule has 3 nitrogen and oxygen atoms in total. The third kappa shape index (κ3) is 3.42. The van der Waals surface area contributed by atoms with Gasteiger partial charge in [-0.3, -0.25) is 4.79 Å². The summed E-state index contributed by atoms with van der Waals surface area (Å²) in [4.78, 5) is 11.3. The van der Waals surface area contributed by atoms with Gasteiger partial charge in [-0.2, -0.15) is 0 Å². The molecule has 0 N–H and O–H groups in total. The molecule has 1 unspecified atom stereocenters. The molecule has 3 heteroatoms. The van der Waals surface area contributed by atoms with Crippen molar-refractivity contribution in [2.24, 2.45) is 0 Å². The normalized spacial score (nSPS) is 12.8. The molecule has 1 aromatic rings. The predicted octanol–water partition coefficient (Wildman–Crippen LogP) is 1.82. The van der Waals surface area contributed by atoms with Crippen molar-refractivity contribution in [3.63, 3.8) is 0 Å². The zero-order valence-electron chi connectivity index (χ0n) is 7.95. The molecule has 0 fully saturated rings. The van der Waals surface area contributed by atoms with Crippen molar-refractivity contribution >= 4 is 5.78 Å². The second-order valence-electron chi connectivity index (χ2n) is 3.05. The summed E-state index contributed by atoms with van der Waals surface area (Å²) in [6, 6.07) is 3.58. The lowest BCUT2D eigenvalue weighted by Crippen LogP contribution is -2.13. The molecule has 1 rings (SSSR count). The Kier molecular flexibility index (Phi) is 3.71. The molecule has 0 aromatic carbocycles. The van der Waals surface area contributed by atoms with Crippen LogP contribution in [0.2, 0.25) is 0 Å². The van der Waals surface area contributed by atoms with Crippen molar-refractivity contribution in [3.05, 3.63) is 24.2 Å². The number of carbonyl (C=O) groups is 1. The summed E-state index contributed by atoms with van der Waals surface area (Å²) in [7, 11) is 1.60. The number of hydrogen-bond donors (Lipinski definition) is 0. The van der Waals surface area contributed by atoms with E-state index in [4.69, 9.17) is 9.15 Å². The Hall–Kier alpha value is -1.09. The first-order valence-electron chi connectivity index (χ1n) is 4.29. The summed E-state index contributed by atoms with van der Waals surface area (Å²) in [5.74, 6) is 0.859. The Labute approximate surface area is 77.7 Å². The molecule has 0 amide bonds.